The van der Waals surface area contributed by atoms with Crippen molar-refractivity contribution >= 4 is 28.6 Å². The largest absolute Gasteiger partial charge is 0.481 e. The topological polar surface area (TPSA) is 40.5 Å². The molecule has 5 heteroatoms. The summed E-state index contributed by atoms with van der Waals surface area (Å²) in [5, 5.41) is 1.84. The molecule has 26 heavy (non-hydrogen) atoms. The molecule has 0 aliphatic heterocycles. The molecule has 2 aromatic carbocycles. The van der Waals surface area contributed by atoms with Crippen molar-refractivity contribution in [3.8, 4) is 5.88 Å². The lowest BCUT2D eigenvalue weighted by Gasteiger charge is -2.20. The van der Waals surface area contributed by atoms with E-state index in [1.165, 1.54) is 10.1 Å². The number of carbonyl (C=O) groups excluding carboxylic acids is 1. The summed E-state index contributed by atoms with van der Waals surface area (Å²) in [4.78, 5) is 13.6. The summed E-state index contributed by atoms with van der Waals surface area (Å²) >= 11 is 1.76. The third-order valence-corrected chi connectivity index (χ3v) is 4.84. The highest BCUT2D eigenvalue weighted by molar-refractivity contribution is 7.98. The van der Waals surface area contributed by atoms with E-state index in [0.717, 1.165) is 21.4 Å². The van der Waals surface area contributed by atoms with Crippen LogP contribution in [0.1, 0.15) is 26.3 Å². The molecule has 3 aromatic rings. The van der Waals surface area contributed by atoms with Gasteiger partial charge in [0.15, 0.2) is 0 Å². The second kappa shape index (κ2) is 7.46. The van der Waals surface area contributed by atoms with E-state index in [4.69, 9.17) is 9.47 Å². The summed E-state index contributed by atoms with van der Waals surface area (Å²) in [5.74, 6) is 1.39. The summed E-state index contributed by atoms with van der Waals surface area (Å²) in [7, 11) is 1.56. The number of benzene rings is 2. The Balaban J connectivity index is 1.86. The van der Waals surface area contributed by atoms with Crippen molar-refractivity contribution in [2.45, 2.75) is 37.0 Å². The van der Waals surface area contributed by atoms with Gasteiger partial charge in [-0.1, -0.05) is 30.3 Å². The van der Waals surface area contributed by atoms with Crippen LogP contribution in [0.15, 0.2) is 59.6 Å². The van der Waals surface area contributed by atoms with Crippen LogP contribution in [-0.4, -0.2) is 23.4 Å². The van der Waals surface area contributed by atoms with Crippen LogP contribution in [-0.2, 0) is 10.5 Å². The molecule has 0 saturated carbocycles. The summed E-state index contributed by atoms with van der Waals surface area (Å²) < 4.78 is 12.4. The van der Waals surface area contributed by atoms with Crippen molar-refractivity contribution in [1.29, 1.82) is 0 Å². The van der Waals surface area contributed by atoms with Crippen LogP contribution in [0.2, 0.25) is 0 Å². The third kappa shape index (κ3) is 4.22. The number of hydrogen-bond donors (Lipinski definition) is 0. The molecule has 0 spiro atoms. The Bertz CT molecular complexity index is 910. The SMILES string of the molecule is COc1c2ccc(SCc3ccccc3)cc2cn1C(=O)OC(C)(C)C. The molecule has 0 unspecified atom stereocenters. The lowest BCUT2D eigenvalue weighted by molar-refractivity contribution is 0.0525. The summed E-state index contributed by atoms with van der Waals surface area (Å²) in [6.07, 6.45) is 1.33. The second-order valence-corrected chi connectivity index (χ2v) is 8.06. The van der Waals surface area contributed by atoms with Crippen LogP contribution >= 0.6 is 11.8 Å². The van der Waals surface area contributed by atoms with Gasteiger partial charge in [-0.05, 0) is 44.5 Å². The van der Waals surface area contributed by atoms with E-state index in [1.807, 2.05) is 45.0 Å². The van der Waals surface area contributed by atoms with Gasteiger partial charge < -0.3 is 9.47 Å². The minimum atomic E-state index is -0.560. The maximum absolute atomic E-state index is 12.5. The average Bonchev–Trinajstić information content (AvgIpc) is 2.97. The van der Waals surface area contributed by atoms with E-state index < -0.39 is 11.7 Å². The van der Waals surface area contributed by atoms with Gasteiger partial charge in [-0.25, -0.2) is 9.36 Å². The molecular weight excluding hydrogens is 346 g/mol. The molecule has 1 aromatic heterocycles. The highest BCUT2D eigenvalue weighted by Gasteiger charge is 2.22. The van der Waals surface area contributed by atoms with Gasteiger partial charge in [-0.2, -0.15) is 0 Å². The smallest absolute Gasteiger partial charge is 0.421 e. The van der Waals surface area contributed by atoms with Gasteiger partial charge in [-0.3, -0.25) is 0 Å². The van der Waals surface area contributed by atoms with Crippen LogP contribution in [0.5, 0.6) is 5.88 Å². The second-order valence-electron chi connectivity index (χ2n) is 7.01. The zero-order valence-electron chi connectivity index (χ0n) is 15.5. The molecule has 0 radical (unpaired) electrons. The van der Waals surface area contributed by atoms with Crippen LogP contribution in [0, 0.1) is 0 Å². The molecule has 0 aliphatic rings. The number of nitrogens with zero attached hydrogens (tertiary/aromatic N) is 1. The van der Waals surface area contributed by atoms with E-state index in [2.05, 4.69) is 24.3 Å². The Morgan fingerprint density at radius 3 is 2.50 bits per heavy atom. The van der Waals surface area contributed by atoms with Crippen LogP contribution in [0.3, 0.4) is 0 Å². The van der Waals surface area contributed by atoms with Crippen molar-refractivity contribution in [2.75, 3.05) is 7.11 Å². The first-order valence-corrected chi connectivity index (χ1v) is 9.45. The molecule has 1 heterocycles. The van der Waals surface area contributed by atoms with E-state index in [9.17, 15) is 4.79 Å². The number of carbonyl (C=O) groups is 1. The summed E-state index contributed by atoms with van der Waals surface area (Å²) in [6.45, 7) is 5.54. The van der Waals surface area contributed by atoms with Gasteiger partial charge >= 0.3 is 6.09 Å². The molecule has 0 fully saturated rings. The quantitative estimate of drug-likeness (QED) is 0.551. The van der Waals surface area contributed by atoms with Crippen molar-refractivity contribution in [3.63, 3.8) is 0 Å². The fourth-order valence-corrected chi connectivity index (χ4v) is 3.56. The monoisotopic (exact) mass is 369 g/mol. The van der Waals surface area contributed by atoms with Crippen molar-refractivity contribution in [1.82, 2.24) is 4.57 Å². The van der Waals surface area contributed by atoms with Gasteiger partial charge in [0, 0.05) is 27.6 Å². The Morgan fingerprint density at radius 2 is 1.85 bits per heavy atom. The molecule has 136 valence electrons. The first-order chi connectivity index (χ1) is 12.4. The highest BCUT2D eigenvalue weighted by Crippen LogP contribution is 2.33. The molecule has 4 nitrogen and oxygen atoms in total. The number of rotatable bonds is 4. The molecular formula is C21H23NO3S. The predicted molar refractivity (Wildman–Crippen MR) is 106 cm³/mol. The van der Waals surface area contributed by atoms with Crippen LogP contribution < -0.4 is 4.74 Å². The first kappa shape index (κ1) is 18.4. The standard InChI is InChI=1S/C21H23NO3S/c1-21(2,3)25-20(23)22-13-16-12-17(10-11-18(16)19(22)24-4)26-14-15-8-6-5-7-9-15/h5-13H,14H2,1-4H3. The fraction of sp³-hybridized carbons (Fsp3) is 0.286. The van der Waals surface area contributed by atoms with Crippen molar-refractivity contribution in [3.05, 3.63) is 60.3 Å². The maximum Gasteiger partial charge on any atom is 0.421 e. The summed E-state index contributed by atoms with van der Waals surface area (Å²) in [6, 6.07) is 16.5. The minimum Gasteiger partial charge on any atom is -0.481 e. The average molecular weight is 369 g/mol. The zero-order valence-corrected chi connectivity index (χ0v) is 16.3. The van der Waals surface area contributed by atoms with Crippen LogP contribution in [0.25, 0.3) is 10.8 Å². The predicted octanol–water partition coefficient (Wildman–Crippen LogP) is 5.73. The van der Waals surface area contributed by atoms with Gasteiger partial charge in [0.2, 0.25) is 5.88 Å². The molecule has 0 N–H and O–H groups in total. The highest BCUT2D eigenvalue weighted by atomic mass is 32.2. The molecule has 3 rings (SSSR count). The van der Waals surface area contributed by atoms with E-state index in [1.54, 1.807) is 25.1 Å². The first-order valence-electron chi connectivity index (χ1n) is 8.46. The molecule has 0 saturated heterocycles. The van der Waals surface area contributed by atoms with Gasteiger partial charge in [0.25, 0.3) is 0 Å². The van der Waals surface area contributed by atoms with Gasteiger partial charge in [-0.15, -0.1) is 11.8 Å². The minimum absolute atomic E-state index is 0.441. The lowest BCUT2D eigenvalue weighted by atomic mass is 10.2. The van der Waals surface area contributed by atoms with E-state index in [0.29, 0.717) is 5.88 Å². The molecule has 0 aliphatic carbocycles. The Labute approximate surface area is 158 Å². The van der Waals surface area contributed by atoms with Crippen molar-refractivity contribution < 1.29 is 14.3 Å². The summed E-state index contributed by atoms with van der Waals surface area (Å²) in [5.41, 5.74) is 0.719. The molecule has 0 atom stereocenters. The fourth-order valence-electron chi connectivity index (χ4n) is 2.66. The number of thioether (sulfide) groups is 1. The Kier molecular flexibility index (Phi) is 5.28. The van der Waals surface area contributed by atoms with E-state index >= 15 is 0 Å². The number of aromatic nitrogens is 1. The third-order valence-electron chi connectivity index (χ3n) is 3.77. The Hall–Kier alpha value is -2.40. The number of methoxy groups -OCH3 is 1. The Morgan fingerprint density at radius 1 is 1.12 bits per heavy atom. The van der Waals surface area contributed by atoms with Crippen molar-refractivity contribution in [2.24, 2.45) is 0 Å². The number of hydrogen-bond acceptors (Lipinski definition) is 4. The number of fused-ring (bicyclic) bond motifs is 1. The maximum atomic E-state index is 12.5. The van der Waals surface area contributed by atoms with E-state index in [-0.39, 0.29) is 0 Å². The van der Waals surface area contributed by atoms with Gasteiger partial charge in [0.05, 0.1) is 7.11 Å². The van der Waals surface area contributed by atoms with Crippen LogP contribution in [0.4, 0.5) is 4.79 Å². The molecule has 0 amide bonds. The molecule has 0 bridgehead atoms. The lowest BCUT2D eigenvalue weighted by Crippen LogP contribution is -2.27. The van der Waals surface area contributed by atoms with Gasteiger partial charge in [0.1, 0.15) is 5.60 Å². The zero-order chi connectivity index (χ0) is 18.7. The normalized spacial score (nSPS) is 11.5. The number of ether oxygens (including phenoxy) is 2.